The van der Waals surface area contributed by atoms with Crippen molar-refractivity contribution in [3.05, 3.63) is 18.6 Å². The normalized spacial score (nSPS) is 17.8. The number of piperazine rings is 1. The highest BCUT2D eigenvalue weighted by molar-refractivity contribution is 5.35. The first-order chi connectivity index (χ1) is 8.13. The van der Waals surface area contributed by atoms with Crippen molar-refractivity contribution in [1.29, 1.82) is 5.26 Å². The Balaban J connectivity index is 1.98. The summed E-state index contributed by atoms with van der Waals surface area (Å²) in [5.41, 5.74) is -0.380. The standard InChI is InChI=1S/C12H17N5/c1-12(2,10-13)17-7-5-16(6-8-17)11-9-14-3-4-15-11/h3-4,9H,5-8H2,1-2H3. The van der Waals surface area contributed by atoms with Crippen molar-refractivity contribution in [2.24, 2.45) is 0 Å². The zero-order valence-electron chi connectivity index (χ0n) is 10.3. The predicted octanol–water partition coefficient (Wildman–Crippen LogP) is 0.901. The van der Waals surface area contributed by atoms with Crippen LogP contribution in [0.3, 0.4) is 0 Å². The van der Waals surface area contributed by atoms with Gasteiger partial charge in [-0.15, -0.1) is 0 Å². The van der Waals surface area contributed by atoms with Crippen LogP contribution in [0.4, 0.5) is 5.82 Å². The summed E-state index contributed by atoms with van der Waals surface area (Å²) in [6, 6.07) is 2.35. The number of nitriles is 1. The SMILES string of the molecule is CC(C)(C#N)N1CCN(c2cnccn2)CC1. The molecule has 0 bridgehead atoms. The van der Waals surface area contributed by atoms with Crippen LogP contribution >= 0.6 is 0 Å². The van der Waals surface area contributed by atoms with Gasteiger partial charge in [-0.3, -0.25) is 9.88 Å². The average molecular weight is 231 g/mol. The van der Waals surface area contributed by atoms with E-state index in [2.05, 4.69) is 25.8 Å². The van der Waals surface area contributed by atoms with Gasteiger partial charge in [-0.05, 0) is 13.8 Å². The monoisotopic (exact) mass is 231 g/mol. The second-order valence-corrected chi connectivity index (χ2v) is 4.71. The molecule has 17 heavy (non-hydrogen) atoms. The molecule has 0 amide bonds. The molecule has 1 aromatic heterocycles. The van der Waals surface area contributed by atoms with Gasteiger partial charge < -0.3 is 4.90 Å². The van der Waals surface area contributed by atoms with Gasteiger partial charge in [0.15, 0.2) is 0 Å². The van der Waals surface area contributed by atoms with E-state index in [0.717, 1.165) is 32.0 Å². The fourth-order valence-corrected chi connectivity index (χ4v) is 2.02. The highest BCUT2D eigenvalue weighted by atomic mass is 15.3. The third-order valence-electron chi connectivity index (χ3n) is 3.22. The summed E-state index contributed by atoms with van der Waals surface area (Å²) < 4.78 is 0. The molecule has 0 spiro atoms. The molecule has 1 aliphatic rings. The van der Waals surface area contributed by atoms with Crippen LogP contribution in [0.15, 0.2) is 18.6 Å². The van der Waals surface area contributed by atoms with Crippen LogP contribution in [0.1, 0.15) is 13.8 Å². The van der Waals surface area contributed by atoms with Gasteiger partial charge in [0, 0.05) is 38.6 Å². The molecule has 0 aromatic carbocycles. The summed E-state index contributed by atoms with van der Waals surface area (Å²) in [6.45, 7) is 7.48. The van der Waals surface area contributed by atoms with Crippen LogP contribution in [0.25, 0.3) is 0 Å². The summed E-state index contributed by atoms with van der Waals surface area (Å²) in [4.78, 5) is 12.8. The van der Waals surface area contributed by atoms with E-state index in [0.29, 0.717) is 0 Å². The predicted molar refractivity (Wildman–Crippen MR) is 65.5 cm³/mol. The molecule has 2 rings (SSSR count). The third kappa shape index (κ3) is 2.53. The topological polar surface area (TPSA) is 56.1 Å². The van der Waals surface area contributed by atoms with E-state index in [9.17, 15) is 0 Å². The van der Waals surface area contributed by atoms with Gasteiger partial charge in [-0.25, -0.2) is 4.98 Å². The third-order valence-corrected chi connectivity index (χ3v) is 3.22. The number of aromatic nitrogens is 2. The second-order valence-electron chi connectivity index (χ2n) is 4.71. The molecule has 0 N–H and O–H groups in total. The van der Waals surface area contributed by atoms with Crippen LogP contribution in [0, 0.1) is 11.3 Å². The van der Waals surface area contributed by atoms with Gasteiger partial charge in [-0.2, -0.15) is 5.26 Å². The fourth-order valence-electron chi connectivity index (χ4n) is 2.02. The van der Waals surface area contributed by atoms with Crippen LogP contribution in [0.2, 0.25) is 0 Å². The van der Waals surface area contributed by atoms with E-state index in [1.807, 2.05) is 13.8 Å². The minimum absolute atomic E-state index is 0.380. The Bertz CT molecular complexity index is 401. The quantitative estimate of drug-likeness (QED) is 0.757. The Kier molecular flexibility index (Phi) is 3.25. The molecule has 0 atom stereocenters. The highest BCUT2D eigenvalue weighted by Crippen LogP contribution is 2.18. The van der Waals surface area contributed by atoms with Gasteiger partial charge >= 0.3 is 0 Å². The van der Waals surface area contributed by atoms with Crippen LogP contribution in [-0.4, -0.2) is 46.6 Å². The Morgan fingerprint density at radius 3 is 2.47 bits per heavy atom. The van der Waals surface area contributed by atoms with Crippen LogP contribution in [-0.2, 0) is 0 Å². The van der Waals surface area contributed by atoms with Crippen molar-refractivity contribution < 1.29 is 0 Å². The van der Waals surface area contributed by atoms with E-state index >= 15 is 0 Å². The van der Waals surface area contributed by atoms with Gasteiger partial charge in [0.25, 0.3) is 0 Å². The van der Waals surface area contributed by atoms with E-state index in [4.69, 9.17) is 5.26 Å². The smallest absolute Gasteiger partial charge is 0.147 e. The first kappa shape index (κ1) is 11.8. The molecule has 1 saturated heterocycles. The molecule has 0 radical (unpaired) electrons. The van der Waals surface area contributed by atoms with Gasteiger partial charge in [0.05, 0.1) is 12.3 Å². The fraction of sp³-hybridized carbons (Fsp3) is 0.583. The average Bonchev–Trinajstić information content (AvgIpc) is 2.40. The summed E-state index contributed by atoms with van der Waals surface area (Å²) in [7, 11) is 0. The molecule has 90 valence electrons. The lowest BCUT2D eigenvalue weighted by atomic mass is 10.0. The van der Waals surface area contributed by atoms with E-state index < -0.39 is 0 Å². The van der Waals surface area contributed by atoms with Gasteiger partial charge in [0.1, 0.15) is 11.4 Å². The molecule has 0 unspecified atom stereocenters. The Hall–Kier alpha value is -1.67. The summed E-state index contributed by atoms with van der Waals surface area (Å²) in [6.07, 6.45) is 5.17. The molecular formula is C12H17N5. The van der Waals surface area contributed by atoms with Gasteiger partial charge in [-0.1, -0.05) is 0 Å². The molecule has 0 aliphatic carbocycles. The van der Waals surface area contributed by atoms with Gasteiger partial charge in [0.2, 0.25) is 0 Å². The lowest BCUT2D eigenvalue weighted by molar-refractivity contribution is 0.157. The zero-order chi connectivity index (χ0) is 12.3. The Morgan fingerprint density at radius 2 is 1.94 bits per heavy atom. The Labute approximate surface area is 102 Å². The summed E-state index contributed by atoms with van der Waals surface area (Å²) in [5.74, 6) is 0.918. The maximum atomic E-state index is 9.10. The number of rotatable bonds is 2. The lowest BCUT2D eigenvalue weighted by Crippen LogP contribution is -2.54. The summed E-state index contributed by atoms with van der Waals surface area (Å²) in [5, 5.41) is 9.10. The van der Waals surface area contributed by atoms with Crippen molar-refractivity contribution in [3.8, 4) is 6.07 Å². The lowest BCUT2D eigenvalue weighted by Gasteiger charge is -2.40. The highest BCUT2D eigenvalue weighted by Gasteiger charge is 2.29. The number of hydrogen-bond acceptors (Lipinski definition) is 5. The molecule has 1 fully saturated rings. The second kappa shape index (κ2) is 4.68. The van der Waals surface area contributed by atoms with Crippen molar-refractivity contribution in [2.75, 3.05) is 31.1 Å². The maximum absolute atomic E-state index is 9.10. The van der Waals surface area contributed by atoms with Crippen molar-refractivity contribution in [1.82, 2.24) is 14.9 Å². The largest absolute Gasteiger partial charge is 0.353 e. The molecule has 0 saturated carbocycles. The van der Waals surface area contributed by atoms with Crippen molar-refractivity contribution in [3.63, 3.8) is 0 Å². The minimum atomic E-state index is -0.380. The zero-order valence-corrected chi connectivity index (χ0v) is 10.3. The summed E-state index contributed by atoms with van der Waals surface area (Å²) >= 11 is 0. The van der Waals surface area contributed by atoms with Crippen molar-refractivity contribution in [2.45, 2.75) is 19.4 Å². The van der Waals surface area contributed by atoms with E-state index in [1.165, 1.54) is 0 Å². The molecule has 1 aliphatic heterocycles. The maximum Gasteiger partial charge on any atom is 0.147 e. The van der Waals surface area contributed by atoms with Crippen LogP contribution < -0.4 is 4.90 Å². The van der Waals surface area contributed by atoms with Crippen molar-refractivity contribution >= 4 is 5.82 Å². The number of anilines is 1. The Morgan fingerprint density at radius 1 is 1.24 bits per heavy atom. The first-order valence-electron chi connectivity index (χ1n) is 5.81. The molecule has 5 nitrogen and oxygen atoms in total. The van der Waals surface area contributed by atoms with E-state index in [-0.39, 0.29) is 5.54 Å². The minimum Gasteiger partial charge on any atom is -0.353 e. The van der Waals surface area contributed by atoms with E-state index in [1.54, 1.807) is 18.6 Å². The number of nitrogens with zero attached hydrogens (tertiary/aromatic N) is 5. The molecule has 5 heteroatoms. The molecule has 2 heterocycles. The molecule has 1 aromatic rings. The number of hydrogen-bond donors (Lipinski definition) is 0. The molecular weight excluding hydrogens is 214 g/mol. The van der Waals surface area contributed by atoms with Crippen LogP contribution in [0.5, 0.6) is 0 Å². The first-order valence-corrected chi connectivity index (χ1v) is 5.81.